The lowest BCUT2D eigenvalue weighted by molar-refractivity contribution is -0.117. The Labute approximate surface area is 217 Å². The molecule has 1 fully saturated rings. The number of halogens is 3. The van der Waals surface area contributed by atoms with E-state index in [1.54, 1.807) is 18.2 Å². The molecule has 0 aliphatic carbocycles. The molecule has 1 aliphatic rings. The van der Waals surface area contributed by atoms with Crippen LogP contribution in [0.1, 0.15) is 15.9 Å². The second-order valence-electron chi connectivity index (χ2n) is 8.19. The van der Waals surface area contributed by atoms with Crippen LogP contribution in [0.3, 0.4) is 0 Å². The van der Waals surface area contributed by atoms with E-state index in [0.29, 0.717) is 45.8 Å². The molecule has 3 aromatic rings. The van der Waals surface area contributed by atoms with Crippen molar-refractivity contribution in [2.75, 3.05) is 45.2 Å². The topological polar surface area (TPSA) is 61.9 Å². The molecule has 1 aromatic heterocycles. The summed E-state index contributed by atoms with van der Waals surface area (Å²) in [6.45, 7) is 3.76. The third-order valence-corrected chi connectivity index (χ3v) is 7.33. The molecule has 1 aliphatic heterocycles. The van der Waals surface area contributed by atoms with Gasteiger partial charge in [0.2, 0.25) is 5.91 Å². The molecule has 0 spiro atoms. The maximum Gasteiger partial charge on any atom is 0.341 e. The number of methoxy groups -OCH3 is 1. The van der Waals surface area contributed by atoms with Crippen molar-refractivity contribution in [3.8, 4) is 11.1 Å². The van der Waals surface area contributed by atoms with Crippen LogP contribution in [0.4, 0.5) is 9.39 Å². The number of benzene rings is 2. The maximum absolute atomic E-state index is 13.3. The fourth-order valence-corrected chi connectivity index (χ4v) is 5.29. The lowest BCUT2D eigenvalue weighted by atomic mass is 10.0. The Morgan fingerprint density at radius 3 is 2.40 bits per heavy atom. The van der Waals surface area contributed by atoms with Gasteiger partial charge in [-0.2, -0.15) is 0 Å². The van der Waals surface area contributed by atoms with E-state index in [1.807, 2.05) is 17.5 Å². The number of hydrogen-bond donors (Lipinski definition) is 1. The average molecular weight is 536 g/mol. The van der Waals surface area contributed by atoms with Gasteiger partial charge in [-0.05, 0) is 35.4 Å². The summed E-state index contributed by atoms with van der Waals surface area (Å²) >= 11 is 13.4. The van der Waals surface area contributed by atoms with Gasteiger partial charge in [0, 0.05) is 53.7 Å². The second kappa shape index (κ2) is 11.5. The summed E-state index contributed by atoms with van der Waals surface area (Å²) in [4.78, 5) is 29.6. The number of amides is 1. The normalized spacial score (nSPS) is 14.6. The number of ether oxygens (including phenoxy) is 1. The maximum atomic E-state index is 13.3. The molecule has 2 heterocycles. The number of hydrogen-bond acceptors (Lipinski definition) is 6. The molecule has 184 valence electrons. The highest BCUT2D eigenvalue weighted by molar-refractivity contribution is 7.15. The van der Waals surface area contributed by atoms with Crippen LogP contribution in [-0.4, -0.2) is 61.5 Å². The smallest absolute Gasteiger partial charge is 0.341 e. The van der Waals surface area contributed by atoms with E-state index in [2.05, 4.69) is 15.1 Å². The van der Waals surface area contributed by atoms with E-state index < -0.39 is 5.97 Å². The Bertz CT molecular complexity index is 1210. The molecule has 0 atom stereocenters. The molecule has 35 heavy (non-hydrogen) atoms. The van der Waals surface area contributed by atoms with Crippen LogP contribution in [0.25, 0.3) is 11.1 Å². The van der Waals surface area contributed by atoms with Crippen LogP contribution in [0, 0.1) is 5.82 Å². The molecular weight excluding hydrogens is 512 g/mol. The van der Waals surface area contributed by atoms with Gasteiger partial charge in [-0.3, -0.25) is 14.6 Å². The van der Waals surface area contributed by atoms with E-state index in [0.717, 1.165) is 24.2 Å². The number of nitrogens with zero attached hydrogens (tertiary/aromatic N) is 2. The van der Waals surface area contributed by atoms with Crippen molar-refractivity contribution in [3.05, 3.63) is 74.8 Å². The third kappa shape index (κ3) is 6.39. The Morgan fingerprint density at radius 1 is 1.06 bits per heavy atom. The average Bonchev–Trinajstić information content (AvgIpc) is 3.25. The number of rotatable bonds is 7. The van der Waals surface area contributed by atoms with Crippen molar-refractivity contribution in [1.82, 2.24) is 9.80 Å². The van der Waals surface area contributed by atoms with Crippen LogP contribution >= 0.6 is 34.5 Å². The van der Waals surface area contributed by atoms with Gasteiger partial charge >= 0.3 is 5.97 Å². The first kappa shape index (κ1) is 25.6. The molecule has 1 amide bonds. The summed E-state index contributed by atoms with van der Waals surface area (Å²) in [6, 6.07) is 11.6. The lowest BCUT2D eigenvalue weighted by Crippen LogP contribution is -2.48. The predicted octanol–water partition coefficient (Wildman–Crippen LogP) is 5.40. The second-order valence-corrected chi connectivity index (χ2v) is 9.91. The minimum atomic E-state index is -0.514. The van der Waals surface area contributed by atoms with Gasteiger partial charge < -0.3 is 10.1 Å². The summed E-state index contributed by atoms with van der Waals surface area (Å²) in [5, 5.41) is 6.18. The number of piperazine rings is 1. The molecule has 4 rings (SSSR count). The van der Waals surface area contributed by atoms with Crippen molar-refractivity contribution in [3.63, 3.8) is 0 Å². The molecule has 0 radical (unpaired) electrons. The lowest BCUT2D eigenvalue weighted by Gasteiger charge is -2.34. The Hall–Kier alpha value is -2.49. The van der Waals surface area contributed by atoms with Gasteiger partial charge in [0.15, 0.2) is 0 Å². The van der Waals surface area contributed by atoms with Crippen molar-refractivity contribution < 1.29 is 18.7 Å². The highest BCUT2D eigenvalue weighted by Gasteiger charge is 2.24. The minimum absolute atomic E-state index is 0.199. The van der Waals surface area contributed by atoms with Crippen molar-refractivity contribution in [1.29, 1.82) is 0 Å². The van der Waals surface area contributed by atoms with Gasteiger partial charge in [0.05, 0.1) is 13.7 Å². The summed E-state index contributed by atoms with van der Waals surface area (Å²) in [5.74, 6) is -1.06. The zero-order chi connectivity index (χ0) is 24.9. The largest absolute Gasteiger partial charge is 0.465 e. The van der Waals surface area contributed by atoms with Crippen LogP contribution in [0.15, 0.2) is 47.8 Å². The zero-order valence-corrected chi connectivity index (χ0v) is 21.4. The van der Waals surface area contributed by atoms with Crippen molar-refractivity contribution in [2.24, 2.45) is 0 Å². The molecule has 6 nitrogen and oxygen atoms in total. The van der Waals surface area contributed by atoms with Crippen LogP contribution in [0.2, 0.25) is 10.0 Å². The van der Waals surface area contributed by atoms with Gasteiger partial charge in [0.1, 0.15) is 16.4 Å². The predicted molar refractivity (Wildman–Crippen MR) is 138 cm³/mol. The summed E-state index contributed by atoms with van der Waals surface area (Å²) < 4.78 is 18.2. The van der Waals surface area contributed by atoms with Crippen LogP contribution in [-0.2, 0) is 16.1 Å². The molecule has 1 N–H and O–H groups in total. The number of anilines is 1. The van der Waals surface area contributed by atoms with E-state index in [1.165, 1.54) is 30.6 Å². The Kier molecular flexibility index (Phi) is 8.41. The molecule has 1 saturated heterocycles. The first-order valence-corrected chi connectivity index (χ1v) is 12.6. The van der Waals surface area contributed by atoms with Gasteiger partial charge in [-0.1, -0.05) is 41.4 Å². The van der Waals surface area contributed by atoms with Gasteiger partial charge in [-0.25, -0.2) is 9.18 Å². The standard InChI is InChI=1S/C25H24Cl2FN3O3S/c1-34-25(33)23-20(16-2-5-18(26)6-3-16)15-35-24(23)29-22(32)14-31-10-8-30(9-11-31)13-17-4-7-19(28)12-21(17)27/h2-7,12,15H,8-11,13-14H2,1H3,(H,29,32). The molecule has 0 saturated carbocycles. The first-order valence-electron chi connectivity index (χ1n) is 11.0. The summed E-state index contributed by atoms with van der Waals surface area (Å²) in [5.41, 5.74) is 2.70. The number of esters is 1. The zero-order valence-electron chi connectivity index (χ0n) is 19.0. The van der Waals surface area contributed by atoms with E-state index >= 15 is 0 Å². The molecule has 0 unspecified atom stereocenters. The Morgan fingerprint density at radius 2 is 1.74 bits per heavy atom. The molecule has 2 aromatic carbocycles. The summed E-state index contributed by atoms with van der Waals surface area (Å²) in [7, 11) is 1.32. The number of carbonyl (C=O) groups is 2. The van der Waals surface area contributed by atoms with E-state index in [-0.39, 0.29) is 18.3 Å². The first-order chi connectivity index (χ1) is 16.8. The number of nitrogens with one attached hydrogen (secondary N) is 1. The number of carbonyl (C=O) groups excluding carboxylic acids is 2. The highest BCUT2D eigenvalue weighted by atomic mass is 35.5. The van der Waals surface area contributed by atoms with Gasteiger partial charge in [-0.15, -0.1) is 11.3 Å². The van der Waals surface area contributed by atoms with E-state index in [9.17, 15) is 14.0 Å². The van der Waals surface area contributed by atoms with E-state index in [4.69, 9.17) is 27.9 Å². The SMILES string of the molecule is COC(=O)c1c(-c2ccc(Cl)cc2)csc1NC(=O)CN1CCN(Cc2ccc(F)cc2Cl)CC1. The van der Waals surface area contributed by atoms with Crippen molar-refractivity contribution in [2.45, 2.75) is 6.54 Å². The fourth-order valence-electron chi connectivity index (χ4n) is 3.96. The fraction of sp³-hybridized carbons (Fsp3) is 0.280. The molecule has 10 heteroatoms. The number of thiophene rings is 1. The Balaban J connectivity index is 1.36. The highest BCUT2D eigenvalue weighted by Crippen LogP contribution is 2.36. The van der Waals surface area contributed by atoms with Crippen molar-refractivity contribution >= 4 is 51.4 Å². The summed E-state index contributed by atoms with van der Waals surface area (Å²) in [6.07, 6.45) is 0. The third-order valence-electron chi connectivity index (χ3n) is 5.83. The molecular formula is C25H24Cl2FN3O3S. The molecule has 0 bridgehead atoms. The van der Waals surface area contributed by atoms with Crippen LogP contribution < -0.4 is 5.32 Å². The quantitative estimate of drug-likeness (QED) is 0.410. The monoisotopic (exact) mass is 535 g/mol. The van der Waals surface area contributed by atoms with Crippen LogP contribution in [0.5, 0.6) is 0 Å². The minimum Gasteiger partial charge on any atom is -0.465 e. The van der Waals surface area contributed by atoms with Gasteiger partial charge in [0.25, 0.3) is 0 Å².